The highest BCUT2D eigenvalue weighted by Gasteiger charge is 2.36. The van der Waals surface area contributed by atoms with Crippen LogP contribution in [-0.4, -0.2) is 23.1 Å². The van der Waals surface area contributed by atoms with Gasteiger partial charge >= 0.3 is 0 Å². The van der Waals surface area contributed by atoms with Gasteiger partial charge in [-0.05, 0) is 18.4 Å². The molecule has 1 aliphatic rings. The molecule has 0 radical (unpaired) electrons. The van der Waals surface area contributed by atoms with E-state index in [1.54, 1.807) is 12.4 Å². The van der Waals surface area contributed by atoms with Crippen LogP contribution < -0.4 is 4.90 Å². The second-order valence-electron chi connectivity index (χ2n) is 5.25. The van der Waals surface area contributed by atoms with Gasteiger partial charge in [0.25, 0.3) is 0 Å². The summed E-state index contributed by atoms with van der Waals surface area (Å²) in [5.74, 6) is 0.680. The van der Waals surface area contributed by atoms with Crippen molar-refractivity contribution < 1.29 is 0 Å². The van der Waals surface area contributed by atoms with Crippen LogP contribution in [0.5, 0.6) is 0 Å². The highest BCUT2D eigenvalue weighted by Crippen LogP contribution is 2.35. The highest BCUT2D eigenvalue weighted by molar-refractivity contribution is 6.30. The fourth-order valence-corrected chi connectivity index (χ4v) is 2.88. The van der Waals surface area contributed by atoms with E-state index in [0.29, 0.717) is 11.0 Å². The molecule has 106 valence electrons. The third-order valence-corrected chi connectivity index (χ3v) is 4.24. The molecule has 5 heteroatoms. The van der Waals surface area contributed by atoms with E-state index < -0.39 is 5.41 Å². The SMILES string of the molecule is N#CC1(c2ccccc2)CCN(c2ncc(Cl)cn2)CC1. The van der Waals surface area contributed by atoms with Crippen molar-refractivity contribution in [2.75, 3.05) is 18.0 Å². The van der Waals surface area contributed by atoms with Gasteiger partial charge in [-0.3, -0.25) is 0 Å². The maximum Gasteiger partial charge on any atom is 0.225 e. The van der Waals surface area contributed by atoms with Gasteiger partial charge in [-0.15, -0.1) is 0 Å². The Morgan fingerprint density at radius 3 is 2.29 bits per heavy atom. The van der Waals surface area contributed by atoms with Crippen molar-refractivity contribution in [2.45, 2.75) is 18.3 Å². The maximum absolute atomic E-state index is 9.67. The van der Waals surface area contributed by atoms with E-state index in [1.807, 2.05) is 30.3 Å². The van der Waals surface area contributed by atoms with Crippen molar-refractivity contribution in [2.24, 2.45) is 0 Å². The van der Waals surface area contributed by atoms with Gasteiger partial charge in [0.1, 0.15) is 0 Å². The van der Waals surface area contributed by atoms with E-state index >= 15 is 0 Å². The molecule has 0 atom stereocenters. The average molecular weight is 299 g/mol. The Kier molecular flexibility index (Phi) is 3.76. The molecule has 2 heterocycles. The van der Waals surface area contributed by atoms with Gasteiger partial charge in [0, 0.05) is 13.1 Å². The van der Waals surface area contributed by atoms with Crippen molar-refractivity contribution in [3.05, 3.63) is 53.3 Å². The van der Waals surface area contributed by atoms with Gasteiger partial charge in [0.05, 0.1) is 28.9 Å². The van der Waals surface area contributed by atoms with E-state index in [0.717, 1.165) is 31.5 Å². The Hall–Kier alpha value is -2.12. The van der Waals surface area contributed by atoms with Crippen LogP contribution in [0.2, 0.25) is 5.02 Å². The molecule has 2 aromatic rings. The summed E-state index contributed by atoms with van der Waals surface area (Å²) in [5, 5.41) is 10.2. The summed E-state index contributed by atoms with van der Waals surface area (Å²) in [4.78, 5) is 10.6. The number of benzene rings is 1. The highest BCUT2D eigenvalue weighted by atomic mass is 35.5. The minimum absolute atomic E-state index is 0.399. The molecule has 1 aliphatic heterocycles. The summed E-state index contributed by atoms with van der Waals surface area (Å²) in [5.41, 5.74) is 0.702. The van der Waals surface area contributed by atoms with Crippen LogP contribution in [0.15, 0.2) is 42.7 Å². The Balaban J connectivity index is 1.77. The van der Waals surface area contributed by atoms with E-state index in [2.05, 4.69) is 20.9 Å². The third-order valence-electron chi connectivity index (χ3n) is 4.05. The summed E-state index contributed by atoms with van der Waals surface area (Å²) in [6, 6.07) is 12.6. The lowest BCUT2D eigenvalue weighted by atomic mass is 9.74. The first kappa shape index (κ1) is 13.8. The second-order valence-corrected chi connectivity index (χ2v) is 5.68. The predicted molar refractivity (Wildman–Crippen MR) is 82.2 cm³/mol. The molecule has 0 aliphatic carbocycles. The maximum atomic E-state index is 9.67. The first-order valence-corrected chi connectivity index (χ1v) is 7.31. The third kappa shape index (κ3) is 2.70. The largest absolute Gasteiger partial charge is 0.341 e. The lowest BCUT2D eigenvalue weighted by Crippen LogP contribution is -2.42. The van der Waals surface area contributed by atoms with Crippen molar-refractivity contribution >= 4 is 17.5 Å². The van der Waals surface area contributed by atoms with Gasteiger partial charge in [-0.25, -0.2) is 9.97 Å². The normalized spacial score (nSPS) is 17.2. The Labute approximate surface area is 129 Å². The van der Waals surface area contributed by atoms with Gasteiger partial charge < -0.3 is 4.90 Å². The molecule has 3 rings (SSSR count). The zero-order chi connectivity index (χ0) is 14.7. The Morgan fingerprint density at radius 1 is 1.10 bits per heavy atom. The smallest absolute Gasteiger partial charge is 0.225 e. The lowest BCUT2D eigenvalue weighted by molar-refractivity contribution is 0.412. The summed E-state index contributed by atoms with van der Waals surface area (Å²) < 4.78 is 0. The molecule has 0 amide bonds. The Morgan fingerprint density at radius 2 is 1.71 bits per heavy atom. The van der Waals surface area contributed by atoms with E-state index in [4.69, 9.17) is 11.6 Å². The predicted octanol–water partition coefficient (Wildman–Crippen LogP) is 3.19. The summed E-state index contributed by atoms with van der Waals surface area (Å²) in [7, 11) is 0. The molecule has 0 N–H and O–H groups in total. The zero-order valence-corrected chi connectivity index (χ0v) is 12.3. The summed E-state index contributed by atoms with van der Waals surface area (Å²) >= 11 is 5.81. The number of nitrogens with zero attached hydrogens (tertiary/aromatic N) is 4. The molecular weight excluding hydrogens is 284 g/mol. The first-order chi connectivity index (χ1) is 10.2. The van der Waals surface area contributed by atoms with Crippen molar-refractivity contribution in [1.29, 1.82) is 5.26 Å². The minimum Gasteiger partial charge on any atom is -0.341 e. The molecule has 0 unspecified atom stereocenters. The fourth-order valence-electron chi connectivity index (χ4n) is 2.78. The molecule has 1 aromatic carbocycles. The van der Waals surface area contributed by atoms with Crippen LogP contribution >= 0.6 is 11.6 Å². The second kappa shape index (κ2) is 5.71. The monoisotopic (exact) mass is 298 g/mol. The molecule has 1 aromatic heterocycles. The van der Waals surface area contributed by atoms with Crippen molar-refractivity contribution in [1.82, 2.24) is 9.97 Å². The van der Waals surface area contributed by atoms with Crippen LogP contribution in [0.1, 0.15) is 18.4 Å². The number of hydrogen-bond acceptors (Lipinski definition) is 4. The molecule has 1 saturated heterocycles. The zero-order valence-electron chi connectivity index (χ0n) is 11.5. The molecule has 0 bridgehead atoms. The average Bonchev–Trinajstić information content (AvgIpc) is 2.56. The van der Waals surface area contributed by atoms with Crippen LogP contribution in [0.25, 0.3) is 0 Å². The molecule has 4 nitrogen and oxygen atoms in total. The number of rotatable bonds is 2. The Bertz CT molecular complexity index is 640. The van der Waals surface area contributed by atoms with Crippen LogP contribution in [0.4, 0.5) is 5.95 Å². The quantitative estimate of drug-likeness (QED) is 0.854. The molecular formula is C16H15ClN4. The van der Waals surface area contributed by atoms with Gasteiger partial charge in [-0.2, -0.15) is 5.26 Å². The minimum atomic E-state index is -0.399. The molecule has 1 fully saturated rings. The number of halogens is 1. The summed E-state index contributed by atoms with van der Waals surface area (Å²) in [6.45, 7) is 1.54. The number of aromatic nitrogens is 2. The number of nitriles is 1. The number of anilines is 1. The van der Waals surface area contributed by atoms with Crippen LogP contribution in [-0.2, 0) is 5.41 Å². The van der Waals surface area contributed by atoms with Crippen LogP contribution in [0.3, 0.4) is 0 Å². The van der Waals surface area contributed by atoms with E-state index in [-0.39, 0.29) is 0 Å². The molecule has 0 saturated carbocycles. The van der Waals surface area contributed by atoms with Crippen molar-refractivity contribution in [3.63, 3.8) is 0 Å². The lowest BCUT2D eigenvalue weighted by Gasteiger charge is -2.37. The fraction of sp³-hybridized carbons (Fsp3) is 0.312. The molecule has 21 heavy (non-hydrogen) atoms. The van der Waals surface area contributed by atoms with E-state index in [1.165, 1.54) is 0 Å². The summed E-state index contributed by atoms with van der Waals surface area (Å²) in [6.07, 6.45) is 4.76. The molecule has 0 spiro atoms. The van der Waals surface area contributed by atoms with Gasteiger partial charge in [0.15, 0.2) is 0 Å². The number of piperidine rings is 1. The topological polar surface area (TPSA) is 52.8 Å². The first-order valence-electron chi connectivity index (χ1n) is 6.93. The number of hydrogen-bond donors (Lipinski definition) is 0. The van der Waals surface area contributed by atoms with Gasteiger partial charge in [0.2, 0.25) is 5.95 Å². The van der Waals surface area contributed by atoms with Gasteiger partial charge in [-0.1, -0.05) is 41.9 Å². The van der Waals surface area contributed by atoms with Crippen LogP contribution in [0, 0.1) is 11.3 Å². The standard InChI is InChI=1S/C16H15ClN4/c17-14-10-19-15(20-11-14)21-8-6-16(12-18,7-9-21)13-4-2-1-3-5-13/h1-5,10-11H,6-9H2. The van der Waals surface area contributed by atoms with Crippen molar-refractivity contribution in [3.8, 4) is 6.07 Å². The van der Waals surface area contributed by atoms with E-state index in [9.17, 15) is 5.26 Å².